The smallest absolute Gasteiger partial charge is 0.247 e. The molecule has 4 nitrogen and oxygen atoms in total. The largest absolute Gasteiger partial charge is 0.469 e. The maximum Gasteiger partial charge on any atom is 0.247 e. The molecule has 0 bridgehead atoms. The lowest BCUT2D eigenvalue weighted by Crippen LogP contribution is -2.36. The summed E-state index contributed by atoms with van der Waals surface area (Å²) in [6.45, 7) is 27.4. The number of anilines is 2. The van der Waals surface area contributed by atoms with E-state index in [0.717, 1.165) is 84.2 Å². The Morgan fingerprint density at radius 3 is 1.73 bits per heavy atom. The summed E-state index contributed by atoms with van der Waals surface area (Å²) in [4.78, 5) is 0. The molecule has 6 heteroatoms. The van der Waals surface area contributed by atoms with E-state index >= 15 is 0 Å². The quantitative estimate of drug-likeness (QED) is 0.162. The molecule has 0 saturated carbocycles. The number of thiophene rings is 1. The van der Waals surface area contributed by atoms with E-state index in [-0.39, 0.29) is 27.6 Å². The minimum atomic E-state index is -0.0426. The first kappa shape index (κ1) is 50.4. The summed E-state index contributed by atoms with van der Waals surface area (Å²) < 4.78 is 18.6. The number of fused-ring (bicyclic) bond motifs is 13. The van der Waals surface area contributed by atoms with Gasteiger partial charge in [0, 0.05) is 81.5 Å². The fraction of sp³-hybridized carbons (Fsp3) is 0.243. The minimum absolute atomic E-state index is 0.0398. The predicted octanol–water partition coefficient (Wildman–Crippen LogP) is 19.7. The molecule has 1 aliphatic heterocycles. The van der Waals surface area contributed by atoms with Gasteiger partial charge in [0.25, 0.3) is 0 Å². The highest BCUT2D eigenvalue weighted by atomic mass is 32.1. The van der Waals surface area contributed by atoms with Crippen LogP contribution in [-0.2, 0) is 28.1 Å². The summed E-state index contributed by atoms with van der Waals surface area (Å²) >= 11 is 1.89. The highest BCUT2D eigenvalue weighted by Gasteiger charge is 2.33. The molecule has 0 saturated heterocycles. The second-order valence-electron chi connectivity index (χ2n) is 26.9. The molecule has 80 heavy (non-hydrogen) atoms. The van der Waals surface area contributed by atoms with Crippen molar-refractivity contribution in [1.29, 1.82) is 0 Å². The third-order valence-electron chi connectivity index (χ3n) is 17.3. The SMILES string of the molecule is CC(C)(C)c1ccc(Nc2cc3sc4cc(CC(c5ccc(C(C)(C)C)cc5)c5ccc(C(C)(C)C)cc5)ccc4c3cc2-c2ccc3c4cc5c(cc4n4c3c2[B]c2oc3ccc(C(C)(C)C)cc3c2-4)oc2ccccc25)cc1. The van der Waals surface area contributed by atoms with Gasteiger partial charge in [0.15, 0.2) is 0 Å². The molecule has 1 radical (unpaired) electrons. The standard InChI is InChI=1S/C74H68BN2O2S/c1-71(2,3)45-22-18-43(19-23-45)54(44-20-24-46(25-21-44)72(4,5)6)35-42-17-31-51-58-38-55(60(40-66(58)80-65(51)36-42)76-49-29-26-47(27-30-49)73(7,8)9)52-32-33-53-56-39-57-50-15-13-14-16-62(50)78-64(57)41-61(56)77-68(53)67(52)75-70-69(77)59-37-48(74(10,11)12)28-34-63(59)79-70/h13-34,36-41,54,76H,35H2,1-12H3. The van der Waals surface area contributed by atoms with Crippen molar-refractivity contribution in [2.24, 2.45) is 0 Å². The molecule has 14 rings (SSSR count). The second kappa shape index (κ2) is 17.9. The molecule has 0 aliphatic carbocycles. The first-order valence-corrected chi connectivity index (χ1v) is 29.4. The van der Waals surface area contributed by atoms with Gasteiger partial charge in [-0.25, -0.2) is 0 Å². The van der Waals surface area contributed by atoms with Crippen LogP contribution in [0.15, 0.2) is 179 Å². The van der Waals surface area contributed by atoms with Gasteiger partial charge in [-0.05, 0) is 133 Å². The fourth-order valence-electron chi connectivity index (χ4n) is 12.6. The molecule has 0 fully saturated rings. The van der Waals surface area contributed by atoms with Gasteiger partial charge < -0.3 is 18.7 Å². The lowest BCUT2D eigenvalue weighted by atomic mass is 9.62. The number of nitrogens with zero attached hydrogens (tertiary/aromatic N) is 1. The molecule has 0 atom stereocenters. The van der Waals surface area contributed by atoms with Crippen molar-refractivity contribution in [3.05, 3.63) is 209 Å². The molecule has 0 spiro atoms. The lowest BCUT2D eigenvalue weighted by Gasteiger charge is -2.24. The average Bonchev–Trinajstić information content (AvgIpc) is 4.16. The van der Waals surface area contributed by atoms with Crippen LogP contribution in [0.25, 0.3) is 91.7 Å². The summed E-state index contributed by atoms with van der Waals surface area (Å²) in [5.74, 6) is 0.202. The summed E-state index contributed by atoms with van der Waals surface area (Å²) in [7, 11) is 2.32. The molecule has 0 amide bonds. The molecular formula is C74H68BN2O2S. The van der Waals surface area contributed by atoms with Gasteiger partial charge in [-0.15, -0.1) is 11.3 Å². The Balaban J connectivity index is 0.957. The normalized spacial score (nSPS) is 13.3. The van der Waals surface area contributed by atoms with Crippen molar-refractivity contribution in [3.8, 4) is 16.8 Å². The van der Waals surface area contributed by atoms with Gasteiger partial charge in [-0.3, -0.25) is 0 Å². The Labute approximate surface area is 474 Å². The molecule has 9 aromatic carbocycles. The maximum atomic E-state index is 6.99. The Morgan fingerprint density at radius 1 is 0.463 bits per heavy atom. The number of aromatic nitrogens is 1. The molecule has 4 aromatic heterocycles. The van der Waals surface area contributed by atoms with E-state index in [4.69, 9.17) is 8.83 Å². The first-order chi connectivity index (χ1) is 38.1. The third-order valence-corrected chi connectivity index (χ3v) is 18.4. The monoisotopic (exact) mass is 1060 g/mol. The van der Waals surface area contributed by atoms with Gasteiger partial charge >= 0.3 is 0 Å². The Kier molecular flexibility index (Phi) is 11.3. The van der Waals surface area contributed by atoms with Crippen molar-refractivity contribution in [3.63, 3.8) is 0 Å². The van der Waals surface area contributed by atoms with Crippen LogP contribution >= 0.6 is 11.3 Å². The van der Waals surface area contributed by atoms with Crippen LogP contribution in [0.5, 0.6) is 0 Å². The fourth-order valence-corrected chi connectivity index (χ4v) is 13.8. The van der Waals surface area contributed by atoms with Gasteiger partial charge in [0.05, 0.1) is 16.9 Å². The average molecular weight is 1060 g/mol. The third kappa shape index (κ3) is 8.39. The van der Waals surface area contributed by atoms with Crippen molar-refractivity contribution in [2.45, 2.75) is 117 Å². The maximum absolute atomic E-state index is 6.99. The minimum Gasteiger partial charge on any atom is -0.469 e. The molecule has 1 aliphatic rings. The van der Waals surface area contributed by atoms with E-state index in [1.54, 1.807) is 0 Å². The van der Waals surface area contributed by atoms with E-state index in [1.807, 2.05) is 17.4 Å². The van der Waals surface area contributed by atoms with Gasteiger partial charge in [0.1, 0.15) is 16.7 Å². The van der Waals surface area contributed by atoms with Crippen LogP contribution in [-0.4, -0.2) is 11.8 Å². The summed E-state index contributed by atoms with van der Waals surface area (Å²) in [6, 6.07) is 64.4. The summed E-state index contributed by atoms with van der Waals surface area (Å²) in [5.41, 5.74) is 21.8. The van der Waals surface area contributed by atoms with Crippen LogP contribution in [0.4, 0.5) is 11.4 Å². The van der Waals surface area contributed by atoms with Crippen molar-refractivity contribution >= 4 is 116 Å². The van der Waals surface area contributed by atoms with Gasteiger partial charge in [-0.1, -0.05) is 192 Å². The van der Waals surface area contributed by atoms with Crippen LogP contribution in [0.2, 0.25) is 0 Å². The molecular weight excluding hydrogens is 992 g/mol. The van der Waals surface area contributed by atoms with E-state index < -0.39 is 0 Å². The Hall–Kier alpha value is -7.80. The van der Waals surface area contributed by atoms with Crippen LogP contribution in [0.1, 0.15) is 128 Å². The number of rotatable bonds is 7. The number of nitrogens with one attached hydrogen (secondary N) is 1. The predicted molar refractivity (Wildman–Crippen MR) is 344 cm³/mol. The van der Waals surface area contributed by atoms with E-state index in [2.05, 4.69) is 264 Å². The van der Waals surface area contributed by atoms with Crippen LogP contribution in [0.3, 0.4) is 0 Å². The Bertz CT molecular complexity index is 4570. The zero-order valence-corrected chi connectivity index (χ0v) is 49.0. The number of hydrogen-bond acceptors (Lipinski definition) is 4. The molecule has 0 unspecified atom stereocenters. The molecule has 13 aromatic rings. The van der Waals surface area contributed by atoms with Gasteiger partial charge in [0.2, 0.25) is 7.28 Å². The highest BCUT2D eigenvalue weighted by Crippen LogP contribution is 2.46. The van der Waals surface area contributed by atoms with E-state index in [1.165, 1.54) is 75.4 Å². The summed E-state index contributed by atoms with van der Waals surface area (Å²) in [6.07, 6.45) is 0.895. The summed E-state index contributed by atoms with van der Waals surface area (Å²) in [5, 5.41) is 12.3. The number of benzene rings is 9. The van der Waals surface area contributed by atoms with Gasteiger partial charge in [-0.2, -0.15) is 0 Å². The van der Waals surface area contributed by atoms with Crippen molar-refractivity contribution in [1.82, 2.24) is 4.57 Å². The first-order valence-electron chi connectivity index (χ1n) is 28.5. The number of para-hydroxylation sites is 1. The lowest BCUT2D eigenvalue weighted by molar-refractivity contribution is 0.589. The van der Waals surface area contributed by atoms with Crippen molar-refractivity contribution < 1.29 is 8.83 Å². The highest BCUT2D eigenvalue weighted by molar-refractivity contribution is 7.25. The number of furan rings is 2. The zero-order chi connectivity index (χ0) is 55.4. The zero-order valence-electron chi connectivity index (χ0n) is 48.2. The van der Waals surface area contributed by atoms with E-state index in [0.29, 0.717) is 0 Å². The molecule has 5 heterocycles. The van der Waals surface area contributed by atoms with Crippen LogP contribution < -0.4 is 16.4 Å². The second-order valence-corrected chi connectivity index (χ2v) is 28.0. The number of hydrogen-bond donors (Lipinski definition) is 1. The topological polar surface area (TPSA) is 43.2 Å². The van der Waals surface area contributed by atoms with Crippen molar-refractivity contribution in [2.75, 3.05) is 5.32 Å². The molecule has 395 valence electrons. The van der Waals surface area contributed by atoms with E-state index in [9.17, 15) is 0 Å². The molecule has 1 N–H and O–H groups in total. The Morgan fingerprint density at radius 2 is 1.06 bits per heavy atom. The van der Waals surface area contributed by atoms with Crippen LogP contribution in [0, 0.1) is 0 Å².